The minimum absolute atomic E-state index is 0.0504. The summed E-state index contributed by atoms with van der Waals surface area (Å²) in [5, 5.41) is 11.6. The molecule has 1 amide bonds. The first kappa shape index (κ1) is 15.5. The van der Waals surface area contributed by atoms with Gasteiger partial charge in [-0.05, 0) is 37.0 Å². The van der Waals surface area contributed by atoms with Gasteiger partial charge in [0, 0.05) is 13.2 Å². The van der Waals surface area contributed by atoms with Crippen LogP contribution in [0.2, 0.25) is 0 Å². The van der Waals surface area contributed by atoms with E-state index in [2.05, 4.69) is 5.32 Å². The molecule has 0 bridgehead atoms. The van der Waals surface area contributed by atoms with Crippen molar-refractivity contribution in [3.8, 4) is 5.75 Å². The molecule has 19 heavy (non-hydrogen) atoms. The van der Waals surface area contributed by atoms with E-state index in [9.17, 15) is 4.79 Å². The Kier molecular flexibility index (Phi) is 6.36. The Morgan fingerprint density at radius 3 is 2.84 bits per heavy atom. The summed E-state index contributed by atoms with van der Waals surface area (Å²) < 4.78 is 5.61. The number of aryl methyl sites for hydroxylation is 2. The van der Waals surface area contributed by atoms with Crippen molar-refractivity contribution in [3.05, 3.63) is 29.3 Å². The maximum absolute atomic E-state index is 11.5. The van der Waals surface area contributed by atoms with E-state index in [4.69, 9.17) is 9.84 Å². The monoisotopic (exact) mass is 265 g/mol. The van der Waals surface area contributed by atoms with Crippen LogP contribution in [0.25, 0.3) is 0 Å². The van der Waals surface area contributed by atoms with Crippen molar-refractivity contribution in [1.82, 2.24) is 5.32 Å². The third kappa shape index (κ3) is 5.75. The van der Waals surface area contributed by atoms with Crippen LogP contribution in [0.15, 0.2) is 18.2 Å². The Morgan fingerprint density at radius 2 is 2.16 bits per heavy atom. The van der Waals surface area contributed by atoms with Crippen molar-refractivity contribution in [2.45, 2.75) is 27.2 Å². The molecule has 0 aromatic heterocycles. The van der Waals surface area contributed by atoms with Gasteiger partial charge in [0.05, 0.1) is 13.0 Å². The molecule has 1 aromatic rings. The fraction of sp³-hybridized carbons (Fsp3) is 0.533. The Labute approximate surface area is 114 Å². The summed E-state index contributed by atoms with van der Waals surface area (Å²) in [6.45, 7) is 6.82. The van der Waals surface area contributed by atoms with E-state index in [0.29, 0.717) is 19.6 Å². The number of ether oxygens (including phenoxy) is 1. The second-order valence-corrected chi connectivity index (χ2v) is 4.96. The minimum atomic E-state index is -0.0504. The fourth-order valence-electron chi connectivity index (χ4n) is 1.56. The zero-order valence-corrected chi connectivity index (χ0v) is 11.9. The summed E-state index contributed by atoms with van der Waals surface area (Å²) in [7, 11) is 0. The maximum Gasteiger partial charge on any atom is 0.223 e. The molecule has 0 spiro atoms. The molecule has 0 heterocycles. The van der Waals surface area contributed by atoms with Gasteiger partial charge >= 0.3 is 0 Å². The molecule has 0 fully saturated rings. The first-order valence-corrected chi connectivity index (χ1v) is 6.60. The Balaban J connectivity index is 2.30. The SMILES string of the molecule is Cc1ccc(C)c(OCCC(=O)NCC(C)CO)c1. The molecule has 0 saturated heterocycles. The zero-order chi connectivity index (χ0) is 14.3. The van der Waals surface area contributed by atoms with Crippen molar-refractivity contribution in [2.75, 3.05) is 19.8 Å². The third-order valence-electron chi connectivity index (χ3n) is 2.89. The highest BCUT2D eigenvalue weighted by molar-refractivity contribution is 5.75. The second-order valence-electron chi connectivity index (χ2n) is 4.96. The Bertz CT molecular complexity index is 418. The molecule has 1 atom stereocenters. The molecule has 0 aliphatic heterocycles. The van der Waals surface area contributed by atoms with Gasteiger partial charge in [-0.3, -0.25) is 4.79 Å². The van der Waals surface area contributed by atoms with E-state index >= 15 is 0 Å². The number of amides is 1. The molecular weight excluding hydrogens is 242 g/mol. The molecule has 2 N–H and O–H groups in total. The normalized spacial score (nSPS) is 12.0. The van der Waals surface area contributed by atoms with Crippen LogP contribution >= 0.6 is 0 Å². The van der Waals surface area contributed by atoms with Crippen LogP contribution in [0.4, 0.5) is 0 Å². The lowest BCUT2D eigenvalue weighted by atomic mass is 10.1. The maximum atomic E-state index is 11.5. The molecule has 0 saturated carbocycles. The molecule has 0 radical (unpaired) electrons. The standard InChI is InChI=1S/C15H23NO3/c1-11-4-5-13(3)14(8-11)19-7-6-15(18)16-9-12(2)10-17/h4-5,8,12,17H,6-7,9-10H2,1-3H3,(H,16,18). The van der Waals surface area contributed by atoms with E-state index in [1.807, 2.05) is 39.0 Å². The van der Waals surface area contributed by atoms with Crippen LogP contribution in [-0.4, -0.2) is 30.8 Å². The molecule has 4 heteroatoms. The quantitative estimate of drug-likeness (QED) is 0.790. The molecule has 0 aliphatic carbocycles. The second kappa shape index (κ2) is 7.79. The largest absolute Gasteiger partial charge is 0.493 e. The number of hydrogen-bond donors (Lipinski definition) is 2. The number of nitrogens with one attached hydrogen (secondary N) is 1. The summed E-state index contributed by atoms with van der Waals surface area (Å²) in [6, 6.07) is 6.01. The zero-order valence-electron chi connectivity index (χ0n) is 11.9. The highest BCUT2D eigenvalue weighted by Gasteiger charge is 2.06. The highest BCUT2D eigenvalue weighted by atomic mass is 16.5. The van der Waals surface area contributed by atoms with Gasteiger partial charge in [0.2, 0.25) is 5.91 Å². The van der Waals surface area contributed by atoms with Crippen molar-refractivity contribution in [2.24, 2.45) is 5.92 Å². The Hall–Kier alpha value is -1.55. The molecule has 1 aromatic carbocycles. The van der Waals surface area contributed by atoms with E-state index in [1.54, 1.807) is 0 Å². The number of rotatable bonds is 7. The predicted octanol–water partition coefficient (Wildman–Crippen LogP) is 1.82. The minimum Gasteiger partial charge on any atom is -0.493 e. The van der Waals surface area contributed by atoms with E-state index in [-0.39, 0.29) is 18.4 Å². The predicted molar refractivity (Wildman–Crippen MR) is 75.3 cm³/mol. The van der Waals surface area contributed by atoms with Gasteiger partial charge in [-0.15, -0.1) is 0 Å². The van der Waals surface area contributed by atoms with Crippen molar-refractivity contribution in [1.29, 1.82) is 0 Å². The lowest BCUT2D eigenvalue weighted by molar-refractivity contribution is -0.121. The number of carbonyl (C=O) groups is 1. The fourth-order valence-corrected chi connectivity index (χ4v) is 1.56. The van der Waals surface area contributed by atoms with Gasteiger partial charge in [0.15, 0.2) is 0 Å². The first-order valence-electron chi connectivity index (χ1n) is 6.60. The van der Waals surface area contributed by atoms with Crippen molar-refractivity contribution >= 4 is 5.91 Å². The Morgan fingerprint density at radius 1 is 1.42 bits per heavy atom. The van der Waals surface area contributed by atoms with Crippen LogP contribution in [0, 0.1) is 19.8 Å². The smallest absolute Gasteiger partial charge is 0.223 e. The topological polar surface area (TPSA) is 58.6 Å². The van der Waals surface area contributed by atoms with Gasteiger partial charge in [-0.2, -0.15) is 0 Å². The van der Waals surface area contributed by atoms with E-state index < -0.39 is 0 Å². The molecule has 1 rings (SSSR count). The molecule has 1 unspecified atom stereocenters. The van der Waals surface area contributed by atoms with Crippen LogP contribution in [-0.2, 0) is 4.79 Å². The summed E-state index contributed by atoms with van der Waals surface area (Å²) in [5.74, 6) is 0.867. The highest BCUT2D eigenvalue weighted by Crippen LogP contribution is 2.19. The summed E-state index contributed by atoms with van der Waals surface area (Å²) in [4.78, 5) is 11.5. The molecule has 106 valence electrons. The summed E-state index contributed by atoms with van der Waals surface area (Å²) in [6.07, 6.45) is 0.325. The number of aliphatic hydroxyl groups excluding tert-OH is 1. The van der Waals surface area contributed by atoms with Gasteiger partial charge in [-0.25, -0.2) is 0 Å². The molecule has 0 aliphatic rings. The van der Waals surface area contributed by atoms with Crippen molar-refractivity contribution < 1.29 is 14.6 Å². The summed E-state index contributed by atoms with van der Waals surface area (Å²) >= 11 is 0. The molecule has 4 nitrogen and oxygen atoms in total. The van der Waals surface area contributed by atoms with Gasteiger partial charge in [0.25, 0.3) is 0 Å². The van der Waals surface area contributed by atoms with Gasteiger partial charge in [-0.1, -0.05) is 19.1 Å². The van der Waals surface area contributed by atoms with Crippen LogP contribution in [0.1, 0.15) is 24.5 Å². The molecular formula is C15H23NO3. The first-order chi connectivity index (χ1) is 9.02. The van der Waals surface area contributed by atoms with Crippen LogP contribution < -0.4 is 10.1 Å². The number of hydrogen-bond acceptors (Lipinski definition) is 3. The lowest BCUT2D eigenvalue weighted by Gasteiger charge is -2.11. The van der Waals surface area contributed by atoms with Gasteiger partial charge < -0.3 is 15.2 Å². The van der Waals surface area contributed by atoms with Gasteiger partial charge in [0.1, 0.15) is 5.75 Å². The van der Waals surface area contributed by atoms with E-state index in [0.717, 1.165) is 16.9 Å². The third-order valence-corrected chi connectivity index (χ3v) is 2.89. The lowest BCUT2D eigenvalue weighted by Crippen LogP contribution is -2.30. The average Bonchev–Trinajstić information content (AvgIpc) is 2.40. The number of aliphatic hydroxyl groups is 1. The van der Waals surface area contributed by atoms with Crippen LogP contribution in [0.5, 0.6) is 5.75 Å². The van der Waals surface area contributed by atoms with E-state index in [1.165, 1.54) is 0 Å². The van der Waals surface area contributed by atoms with Crippen molar-refractivity contribution in [3.63, 3.8) is 0 Å². The number of carbonyl (C=O) groups excluding carboxylic acids is 1. The average molecular weight is 265 g/mol. The summed E-state index contributed by atoms with van der Waals surface area (Å²) in [5.41, 5.74) is 2.21. The van der Waals surface area contributed by atoms with Crippen LogP contribution in [0.3, 0.4) is 0 Å². The number of benzene rings is 1.